The van der Waals surface area contributed by atoms with Crippen molar-refractivity contribution in [2.45, 2.75) is 13.2 Å². The standard InChI is InChI=1S/C20H14Br2Cl2FNO/c21-14-7-13(10-26-19-6-3-15(23)9-18(19)24)20(17(22)8-14)27-11-12-1-4-16(25)5-2-12/h1-9,26H,10-11H2. The van der Waals surface area contributed by atoms with Crippen LogP contribution in [0.4, 0.5) is 10.1 Å². The number of benzene rings is 3. The lowest BCUT2D eigenvalue weighted by Crippen LogP contribution is -2.05. The van der Waals surface area contributed by atoms with Gasteiger partial charge in [0.2, 0.25) is 0 Å². The van der Waals surface area contributed by atoms with Crippen LogP contribution in [0.1, 0.15) is 11.1 Å². The molecular formula is C20H14Br2Cl2FNO. The molecule has 0 heterocycles. The number of hydrogen-bond donors (Lipinski definition) is 1. The zero-order chi connectivity index (χ0) is 19.4. The average molecular weight is 534 g/mol. The van der Waals surface area contributed by atoms with Crippen LogP contribution >= 0.6 is 55.1 Å². The molecule has 0 fully saturated rings. The van der Waals surface area contributed by atoms with Gasteiger partial charge in [0.25, 0.3) is 0 Å². The first kappa shape index (κ1) is 20.5. The van der Waals surface area contributed by atoms with Gasteiger partial charge < -0.3 is 10.1 Å². The minimum absolute atomic E-state index is 0.270. The Bertz CT molecular complexity index is 951. The van der Waals surface area contributed by atoms with E-state index in [2.05, 4.69) is 37.2 Å². The molecule has 0 atom stereocenters. The molecule has 0 aliphatic heterocycles. The molecule has 0 radical (unpaired) electrons. The van der Waals surface area contributed by atoms with Gasteiger partial charge in [-0.1, -0.05) is 51.3 Å². The molecule has 3 aromatic carbocycles. The molecule has 0 saturated heterocycles. The minimum atomic E-state index is -0.270. The van der Waals surface area contributed by atoms with Crippen molar-refractivity contribution in [3.63, 3.8) is 0 Å². The highest BCUT2D eigenvalue weighted by atomic mass is 79.9. The lowest BCUT2D eigenvalue weighted by atomic mass is 10.2. The fourth-order valence-corrected chi connectivity index (χ4v) is 4.37. The van der Waals surface area contributed by atoms with Crippen LogP contribution in [0.5, 0.6) is 5.75 Å². The molecule has 0 saturated carbocycles. The van der Waals surface area contributed by atoms with Gasteiger partial charge in [0.1, 0.15) is 18.2 Å². The largest absolute Gasteiger partial charge is 0.487 e. The summed E-state index contributed by atoms with van der Waals surface area (Å²) in [5.41, 5.74) is 2.59. The third-order valence-electron chi connectivity index (χ3n) is 3.78. The third kappa shape index (κ3) is 5.61. The second-order valence-corrected chi connectivity index (χ2v) is 8.38. The molecule has 0 bridgehead atoms. The Morgan fingerprint density at radius 2 is 1.70 bits per heavy atom. The third-order valence-corrected chi connectivity index (χ3v) is 5.38. The fourth-order valence-electron chi connectivity index (χ4n) is 2.47. The fraction of sp³-hybridized carbons (Fsp3) is 0.100. The summed E-state index contributed by atoms with van der Waals surface area (Å²) in [4.78, 5) is 0. The SMILES string of the molecule is Fc1ccc(COc2c(Br)cc(Br)cc2CNc2ccc(Cl)cc2Cl)cc1. The molecule has 0 aromatic heterocycles. The van der Waals surface area contributed by atoms with Crippen molar-refractivity contribution in [3.8, 4) is 5.75 Å². The van der Waals surface area contributed by atoms with E-state index in [-0.39, 0.29) is 5.82 Å². The van der Waals surface area contributed by atoms with Gasteiger partial charge in [0.15, 0.2) is 0 Å². The Morgan fingerprint density at radius 1 is 0.963 bits per heavy atom. The van der Waals surface area contributed by atoms with Crippen LogP contribution in [0.3, 0.4) is 0 Å². The van der Waals surface area contributed by atoms with E-state index < -0.39 is 0 Å². The number of rotatable bonds is 6. The molecule has 0 aliphatic rings. The molecule has 7 heteroatoms. The van der Waals surface area contributed by atoms with Gasteiger partial charge in [-0.2, -0.15) is 0 Å². The van der Waals surface area contributed by atoms with Gasteiger partial charge in [0, 0.05) is 21.6 Å². The van der Waals surface area contributed by atoms with E-state index in [9.17, 15) is 4.39 Å². The van der Waals surface area contributed by atoms with Gasteiger partial charge in [-0.25, -0.2) is 4.39 Å². The van der Waals surface area contributed by atoms with E-state index in [0.29, 0.717) is 28.9 Å². The highest BCUT2D eigenvalue weighted by molar-refractivity contribution is 9.11. The Hall–Kier alpha value is -1.27. The second kappa shape index (κ2) is 9.28. The maximum Gasteiger partial charge on any atom is 0.139 e. The lowest BCUT2D eigenvalue weighted by molar-refractivity contribution is 0.301. The van der Waals surface area contributed by atoms with Crippen LogP contribution in [-0.4, -0.2) is 0 Å². The monoisotopic (exact) mass is 531 g/mol. The minimum Gasteiger partial charge on any atom is -0.487 e. The lowest BCUT2D eigenvalue weighted by Gasteiger charge is -2.16. The summed E-state index contributed by atoms with van der Waals surface area (Å²) in [5.74, 6) is 0.438. The van der Waals surface area contributed by atoms with Crippen LogP contribution in [0.25, 0.3) is 0 Å². The normalized spacial score (nSPS) is 10.7. The molecular weight excluding hydrogens is 520 g/mol. The quantitative estimate of drug-likeness (QED) is 0.348. The van der Waals surface area contributed by atoms with Gasteiger partial charge in [-0.05, 0) is 64.0 Å². The van der Waals surface area contributed by atoms with Gasteiger partial charge in [-0.15, -0.1) is 0 Å². The maximum absolute atomic E-state index is 13.1. The summed E-state index contributed by atoms with van der Waals surface area (Å²) in [6, 6.07) is 15.4. The van der Waals surface area contributed by atoms with E-state index in [0.717, 1.165) is 25.8 Å². The molecule has 2 nitrogen and oxygen atoms in total. The smallest absolute Gasteiger partial charge is 0.139 e. The number of anilines is 1. The molecule has 3 aromatic rings. The summed E-state index contributed by atoms with van der Waals surface area (Å²) < 4.78 is 20.8. The Kier molecular flexibility index (Phi) is 7.04. The number of hydrogen-bond acceptors (Lipinski definition) is 2. The first-order valence-electron chi connectivity index (χ1n) is 7.96. The predicted octanol–water partition coefficient (Wildman–Crippen LogP) is 7.85. The van der Waals surface area contributed by atoms with E-state index in [1.165, 1.54) is 12.1 Å². The first-order valence-corrected chi connectivity index (χ1v) is 10.3. The Balaban J connectivity index is 1.78. The molecule has 0 spiro atoms. The predicted molar refractivity (Wildman–Crippen MR) is 116 cm³/mol. The number of ether oxygens (including phenoxy) is 1. The topological polar surface area (TPSA) is 21.3 Å². The van der Waals surface area contributed by atoms with Crippen molar-refractivity contribution in [1.29, 1.82) is 0 Å². The highest BCUT2D eigenvalue weighted by Crippen LogP contribution is 2.35. The van der Waals surface area contributed by atoms with Crippen LogP contribution in [0.2, 0.25) is 10.0 Å². The molecule has 0 amide bonds. The van der Waals surface area contributed by atoms with Crippen LogP contribution in [0.15, 0.2) is 63.5 Å². The van der Waals surface area contributed by atoms with Crippen LogP contribution < -0.4 is 10.1 Å². The van der Waals surface area contributed by atoms with Crippen molar-refractivity contribution in [1.82, 2.24) is 0 Å². The first-order chi connectivity index (χ1) is 12.9. The van der Waals surface area contributed by atoms with Crippen molar-refractivity contribution in [2.75, 3.05) is 5.32 Å². The molecule has 27 heavy (non-hydrogen) atoms. The number of nitrogens with one attached hydrogen (secondary N) is 1. The van der Waals surface area contributed by atoms with Crippen molar-refractivity contribution in [3.05, 3.63) is 90.5 Å². The summed E-state index contributed by atoms with van der Waals surface area (Å²) in [6.07, 6.45) is 0. The van der Waals surface area contributed by atoms with E-state index in [1.807, 2.05) is 18.2 Å². The van der Waals surface area contributed by atoms with E-state index in [4.69, 9.17) is 27.9 Å². The van der Waals surface area contributed by atoms with Gasteiger partial charge in [-0.3, -0.25) is 0 Å². The maximum atomic E-state index is 13.1. The van der Waals surface area contributed by atoms with Gasteiger partial charge in [0.05, 0.1) is 15.2 Å². The molecule has 140 valence electrons. The zero-order valence-corrected chi connectivity index (χ0v) is 18.6. The van der Waals surface area contributed by atoms with Crippen LogP contribution in [0, 0.1) is 5.82 Å². The van der Waals surface area contributed by atoms with E-state index in [1.54, 1.807) is 24.3 Å². The molecule has 1 N–H and O–H groups in total. The summed E-state index contributed by atoms with van der Waals surface area (Å²) in [6.45, 7) is 0.827. The number of halogens is 5. The van der Waals surface area contributed by atoms with E-state index >= 15 is 0 Å². The average Bonchev–Trinajstić information content (AvgIpc) is 2.61. The molecule has 0 unspecified atom stereocenters. The van der Waals surface area contributed by atoms with Crippen molar-refractivity contribution < 1.29 is 9.13 Å². The van der Waals surface area contributed by atoms with Crippen LogP contribution in [-0.2, 0) is 13.2 Å². The zero-order valence-electron chi connectivity index (χ0n) is 13.9. The van der Waals surface area contributed by atoms with Crippen molar-refractivity contribution in [2.24, 2.45) is 0 Å². The Morgan fingerprint density at radius 3 is 2.41 bits per heavy atom. The highest BCUT2D eigenvalue weighted by Gasteiger charge is 2.12. The van der Waals surface area contributed by atoms with Crippen molar-refractivity contribution >= 4 is 60.7 Å². The Labute approximate surface area is 183 Å². The summed E-state index contributed by atoms with van der Waals surface area (Å²) in [7, 11) is 0. The summed E-state index contributed by atoms with van der Waals surface area (Å²) >= 11 is 19.2. The van der Waals surface area contributed by atoms with Gasteiger partial charge >= 0.3 is 0 Å². The molecule has 0 aliphatic carbocycles. The summed E-state index contributed by atoms with van der Waals surface area (Å²) in [5, 5.41) is 4.42. The second-order valence-electron chi connectivity index (χ2n) is 5.77. The molecule has 3 rings (SSSR count).